The third-order valence-corrected chi connectivity index (χ3v) is 5.99. The first-order chi connectivity index (χ1) is 16.5. The van der Waals surface area contributed by atoms with Crippen molar-refractivity contribution in [1.29, 1.82) is 0 Å². The van der Waals surface area contributed by atoms with Gasteiger partial charge in [0, 0.05) is 28.4 Å². The van der Waals surface area contributed by atoms with Gasteiger partial charge < -0.3 is 15.4 Å². The third-order valence-electron chi connectivity index (χ3n) is 5.99. The molecule has 0 radical (unpaired) electrons. The highest BCUT2D eigenvalue weighted by atomic mass is 16.4. The van der Waals surface area contributed by atoms with Crippen LogP contribution in [-0.2, 0) is 11.3 Å². The van der Waals surface area contributed by atoms with Gasteiger partial charge in [-0.2, -0.15) is 0 Å². The standard InChI is InChI=1S/C28H20N2O4/c29-27(32)20-12-7-13-22-24(20)25-21(26(31)28(33)34)14-19(18-10-5-2-6-11-18)15-23(25)30(22)16-17-8-3-1-4-9-17/h1-15H,16H2,(H2,29,32)(H,33,34). The van der Waals surface area contributed by atoms with Gasteiger partial charge in [0.2, 0.25) is 5.91 Å². The predicted molar refractivity (Wildman–Crippen MR) is 131 cm³/mol. The average Bonchev–Trinajstić information content (AvgIpc) is 3.17. The largest absolute Gasteiger partial charge is 0.475 e. The number of hydrogen-bond acceptors (Lipinski definition) is 3. The molecule has 0 atom stereocenters. The molecular weight excluding hydrogens is 428 g/mol. The fourth-order valence-electron chi connectivity index (χ4n) is 4.49. The maximum Gasteiger partial charge on any atom is 0.377 e. The van der Waals surface area contributed by atoms with Crippen LogP contribution in [0.2, 0.25) is 0 Å². The Bertz CT molecular complexity index is 1590. The first-order valence-corrected chi connectivity index (χ1v) is 10.7. The lowest BCUT2D eigenvalue weighted by Gasteiger charge is -2.11. The number of aromatic nitrogens is 1. The molecule has 0 saturated carbocycles. The van der Waals surface area contributed by atoms with Gasteiger partial charge in [-0.1, -0.05) is 66.7 Å². The van der Waals surface area contributed by atoms with Crippen LogP contribution in [0.1, 0.15) is 26.3 Å². The van der Waals surface area contributed by atoms with Crippen LogP contribution >= 0.6 is 0 Å². The summed E-state index contributed by atoms with van der Waals surface area (Å²) in [6, 6.07) is 27.9. The molecular formula is C28H20N2O4. The summed E-state index contributed by atoms with van der Waals surface area (Å²) in [4.78, 5) is 37.0. The van der Waals surface area contributed by atoms with Gasteiger partial charge in [-0.25, -0.2) is 4.79 Å². The highest BCUT2D eigenvalue weighted by Gasteiger charge is 2.25. The summed E-state index contributed by atoms with van der Waals surface area (Å²) in [6.07, 6.45) is 0. The molecule has 5 aromatic rings. The number of carbonyl (C=O) groups excluding carboxylic acids is 2. The summed E-state index contributed by atoms with van der Waals surface area (Å²) in [6.45, 7) is 0.460. The Morgan fingerprint density at radius 1 is 0.706 bits per heavy atom. The Morgan fingerprint density at radius 2 is 1.35 bits per heavy atom. The van der Waals surface area contributed by atoms with E-state index >= 15 is 0 Å². The second kappa shape index (κ2) is 8.33. The summed E-state index contributed by atoms with van der Waals surface area (Å²) in [5.74, 6) is -3.25. The van der Waals surface area contributed by atoms with Crippen LogP contribution in [0.3, 0.4) is 0 Å². The molecule has 3 N–H and O–H groups in total. The number of amides is 1. The lowest BCUT2D eigenvalue weighted by molar-refractivity contribution is -0.131. The number of carboxylic acid groups (broad SMARTS) is 1. The molecule has 0 saturated heterocycles. The Labute approximate surface area is 194 Å². The first-order valence-electron chi connectivity index (χ1n) is 10.7. The quantitative estimate of drug-likeness (QED) is 0.286. The minimum atomic E-state index is -1.56. The molecule has 1 amide bonds. The van der Waals surface area contributed by atoms with Crippen molar-refractivity contribution < 1.29 is 19.5 Å². The highest BCUT2D eigenvalue weighted by molar-refractivity contribution is 6.44. The van der Waals surface area contributed by atoms with Gasteiger partial charge in [-0.15, -0.1) is 0 Å². The molecule has 0 fully saturated rings. The predicted octanol–water partition coefficient (Wildman–Crippen LogP) is 4.88. The number of nitrogens with two attached hydrogens (primary N) is 1. The van der Waals surface area contributed by atoms with E-state index in [1.165, 1.54) is 0 Å². The van der Waals surface area contributed by atoms with E-state index in [1.54, 1.807) is 18.2 Å². The number of carboxylic acids is 1. The molecule has 34 heavy (non-hydrogen) atoms. The summed E-state index contributed by atoms with van der Waals surface area (Å²) in [5.41, 5.74) is 9.86. The van der Waals surface area contributed by atoms with Crippen molar-refractivity contribution in [2.75, 3.05) is 0 Å². The smallest absolute Gasteiger partial charge is 0.377 e. The van der Waals surface area contributed by atoms with Gasteiger partial charge >= 0.3 is 5.97 Å². The average molecular weight is 448 g/mol. The Kier molecular flexibility index (Phi) is 5.18. The number of hydrogen-bond donors (Lipinski definition) is 2. The van der Waals surface area contributed by atoms with Gasteiger partial charge in [-0.3, -0.25) is 9.59 Å². The van der Waals surface area contributed by atoms with E-state index in [0.717, 1.165) is 11.1 Å². The van der Waals surface area contributed by atoms with Crippen LogP contribution in [-0.4, -0.2) is 27.3 Å². The zero-order valence-corrected chi connectivity index (χ0v) is 18.1. The SMILES string of the molecule is NC(=O)c1cccc2c1c1c(C(=O)C(=O)O)cc(-c3ccccc3)cc1n2Cc1ccccc1. The van der Waals surface area contributed by atoms with Crippen molar-refractivity contribution in [2.45, 2.75) is 6.54 Å². The highest BCUT2D eigenvalue weighted by Crippen LogP contribution is 2.38. The van der Waals surface area contributed by atoms with Crippen LogP contribution in [0.5, 0.6) is 0 Å². The molecule has 1 aromatic heterocycles. The second-order valence-corrected chi connectivity index (χ2v) is 8.05. The number of aliphatic carboxylic acids is 1. The number of benzene rings is 4. The van der Waals surface area contributed by atoms with Gasteiger partial charge in [0.15, 0.2) is 0 Å². The number of rotatable bonds is 6. The van der Waals surface area contributed by atoms with Crippen LogP contribution in [0.25, 0.3) is 32.9 Å². The number of primary amides is 1. The Morgan fingerprint density at radius 3 is 2.00 bits per heavy atom. The van der Waals surface area contributed by atoms with Gasteiger partial charge in [0.05, 0.1) is 11.0 Å². The van der Waals surface area contributed by atoms with Gasteiger partial charge in [-0.05, 0) is 41.0 Å². The molecule has 5 rings (SSSR count). The van der Waals surface area contributed by atoms with E-state index < -0.39 is 17.7 Å². The van der Waals surface area contributed by atoms with E-state index in [9.17, 15) is 19.5 Å². The monoisotopic (exact) mass is 448 g/mol. The van der Waals surface area contributed by atoms with Crippen molar-refractivity contribution in [2.24, 2.45) is 5.73 Å². The van der Waals surface area contributed by atoms with Crippen molar-refractivity contribution in [1.82, 2.24) is 4.57 Å². The summed E-state index contributed by atoms with van der Waals surface area (Å²) < 4.78 is 2.00. The molecule has 6 heteroatoms. The van der Waals surface area contributed by atoms with Gasteiger partial charge in [0.25, 0.3) is 5.78 Å². The summed E-state index contributed by atoms with van der Waals surface area (Å²) in [5, 5.41) is 10.5. The molecule has 4 aromatic carbocycles. The molecule has 1 heterocycles. The molecule has 0 unspecified atom stereocenters. The van der Waals surface area contributed by atoms with E-state index in [-0.39, 0.29) is 11.1 Å². The zero-order chi connectivity index (χ0) is 23.8. The number of Topliss-reactive ketones (excluding diaryl/α,β-unsaturated/α-hetero) is 1. The Balaban J connectivity index is 1.95. The van der Waals surface area contributed by atoms with Crippen LogP contribution in [0.15, 0.2) is 91.0 Å². The Hall–Kier alpha value is -4.71. The minimum absolute atomic E-state index is 0.0226. The maximum absolute atomic E-state index is 12.9. The van der Waals surface area contributed by atoms with E-state index in [2.05, 4.69) is 0 Å². The molecule has 166 valence electrons. The third kappa shape index (κ3) is 3.51. The molecule has 6 nitrogen and oxygen atoms in total. The second-order valence-electron chi connectivity index (χ2n) is 8.05. The molecule has 0 aliphatic rings. The van der Waals surface area contributed by atoms with Crippen molar-refractivity contribution >= 4 is 39.5 Å². The van der Waals surface area contributed by atoms with E-state index in [0.29, 0.717) is 33.9 Å². The topological polar surface area (TPSA) is 102 Å². The fourth-order valence-corrected chi connectivity index (χ4v) is 4.49. The summed E-state index contributed by atoms with van der Waals surface area (Å²) >= 11 is 0. The van der Waals surface area contributed by atoms with E-state index in [4.69, 9.17) is 5.73 Å². The van der Waals surface area contributed by atoms with Gasteiger partial charge in [0.1, 0.15) is 0 Å². The first kappa shape index (κ1) is 21.2. The number of fused-ring (bicyclic) bond motifs is 3. The lowest BCUT2D eigenvalue weighted by atomic mass is 9.95. The van der Waals surface area contributed by atoms with E-state index in [1.807, 2.05) is 77.4 Å². The zero-order valence-electron chi connectivity index (χ0n) is 18.1. The van der Waals surface area contributed by atoms with Crippen molar-refractivity contribution in [3.05, 3.63) is 108 Å². The minimum Gasteiger partial charge on any atom is -0.475 e. The number of nitrogens with zero attached hydrogens (tertiary/aromatic N) is 1. The lowest BCUT2D eigenvalue weighted by Crippen LogP contribution is -2.14. The van der Waals surface area contributed by atoms with Crippen LogP contribution in [0.4, 0.5) is 0 Å². The summed E-state index contributed by atoms with van der Waals surface area (Å²) in [7, 11) is 0. The van der Waals surface area contributed by atoms with Crippen molar-refractivity contribution in [3.8, 4) is 11.1 Å². The molecule has 0 aliphatic carbocycles. The van der Waals surface area contributed by atoms with Crippen LogP contribution in [0, 0.1) is 0 Å². The molecule has 0 aliphatic heterocycles. The van der Waals surface area contributed by atoms with Crippen molar-refractivity contribution in [3.63, 3.8) is 0 Å². The fraction of sp³-hybridized carbons (Fsp3) is 0.0357. The number of carbonyl (C=O) groups is 3. The molecule has 0 spiro atoms. The maximum atomic E-state index is 12.9. The normalized spacial score (nSPS) is 11.1. The van der Waals surface area contributed by atoms with Crippen LogP contribution < -0.4 is 5.73 Å². The number of ketones is 1. The molecule has 0 bridgehead atoms.